The van der Waals surface area contributed by atoms with Crippen molar-refractivity contribution in [2.75, 3.05) is 16.8 Å². The van der Waals surface area contributed by atoms with Crippen molar-refractivity contribution in [3.05, 3.63) is 41.7 Å². The Kier molecular flexibility index (Phi) is 4.93. The number of hydrogen-bond acceptors (Lipinski definition) is 4. The minimum Gasteiger partial charge on any atom is -0.360 e. The Hall–Kier alpha value is -2.63. The number of amides is 2. The first-order valence-electron chi connectivity index (χ1n) is 7.10. The van der Waals surface area contributed by atoms with Gasteiger partial charge in [-0.3, -0.25) is 9.59 Å². The number of para-hydroxylation sites is 1. The van der Waals surface area contributed by atoms with E-state index in [2.05, 4.69) is 10.5 Å². The molecule has 0 saturated carbocycles. The zero-order chi connectivity index (χ0) is 16.1. The molecule has 6 heteroatoms. The van der Waals surface area contributed by atoms with E-state index in [1.165, 1.54) is 11.8 Å². The van der Waals surface area contributed by atoms with Gasteiger partial charge in [-0.05, 0) is 25.0 Å². The van der Waals surface area contributed by atoms with Crippen LogP contribution in [0.2, 0.25) is 0 Å². The van der Waals surface area contributed by atoms with E-state index < -0.39 is 0 Å². The summed E-state index contributed by atoms with van der Waals surface area (Å²) in [5, 5.41) is 6.32. The molecule has 2 aromatic rings. The van der Waals surface area contributed by atoms with Crippen LogP contribution in [0.4, 0.5) is 11.5 Å². The Morgan fingerprint density at radius 1 is 1.32 bits per heavy atom. The number of carbonyl (C=O) groups excluding carboxylic acids is 2. The summed E-state index contributed by atoms with van der Waals surface area (Å²) in [6, 6.07) is 9.18. The smallest absolute Gasteiger partial charge is 0.245 e. The van der Waals surface area contributed by atoms with Crippen LogP contribution in [0.3, 0.4) is 0 Å². The van der Waals surface area contributed by atoms with Gasteiger partial charge in [0.05, 0.1) is 0 Å². The molecule has 1 aromatic carbocycles. The molecule has 2 rings (SSSR count). The topological polar surface area (TPSA) is 75.4 Å². The highest BCUT2D eigenvalue weighted by molar-refractivity contribution is 6.01. The predicted molar refractivity (Wildman–Crippen MR) is 83.7 cm³/mol. The van der Waals surface area contributed by atoms with E-state index in [4.69, 9.17) is 4.52 Å². The molecule has 2 amide bonds. The average Bonchev–Trinajstić information content (AvgIpc) is 2.89. The number of rotatable bonds is 5. The van der Waals surface area contributed by atoms with Crippen LogP contribution in [0.25, 0.3) is 0 Å². The van der Waals surface area contributed by atoms with Crippen LogP contribution in [0.1, 0.15) is 25.2 Å². The van der Waals surface area contributed by atoms with Gasteiger partial charge < -0.3 is 14.7 Å². The summed E-state index contributed by atoms with van der Waals surface area (Å²) in [5.74, 6) is 0.437. The van der Waals surface area contributed by atoms with E-state index in [1.807, 2.05) is 31.2 Å². The highest BCUT2D eigenvalue weighted by atomic mass is 16.5. The normalized spacial score (nSPS) is 10.3. The number of nitrogens with zero attached hydrogens (tertiary/aromatic N) is 2. The van der Waals surface area contributed by atoms with Crippen LogP contribution in [-0.2, 0) is 16.0 Å². The summed E-state index contributed by atoms with van der Waals surface area (Å²) >= 11 is 0. The van der Waals surface area contributed by atoms with Crippen LogP contribution in [0, 0.1) is 6.92 Å². The molecule has 1 aromatic heterocycles. The molecule has 0 aliphatic heterocycles. The van der Waals surface area contributed by atoms with E-state index in [9.17, 15) is 9.59 Å². The third-order valence-electron chi connectivity index (χ3n) is 3.24. The molecule has 0 bridgehead atoms. The lowest BCUT2D eigenvalue weighted by atomic mass is 10.1. The molecule has 0 saturated heterocycles. The van der Waals surface area contributed by atoms with Crippen molar-refractivity contribution < 1.29 is 14.1 Å². The molecule has 116 valence electrons. The molecule has 0 atom stereocenters. The Labute approximate surface area is 129 Å². The summed E-state index contributed by atoms with van der Waals surface area (Å²) < 4.78 is 4.89. The van der Waals surface area contributed by atoms with Crippen molar-refractivity contribution in [1.29, 1.82) is 0 Å². The van der Waals surface area contributed by atoms with Crippen molar-refractivity contribution in [2.45, 2.75) is 27.2 Å². The molecule has 0 unspecified atom stereocenters. The van der Waals surface area contributed by atoms with Crippen molar-refractivity contribution in [2.24, 2.45) is 0 Å². The predicted octanol–water partition coefficient (Wildman–Crippen LogP) is 2.54. The molecule has 22 heavy (non-hydrogen) atoms. The van der Waals surface area contributed by atoms with Crippen molar-refractivity contribution in [3.63, 3.8) is 0 Å². The van der Waals surface area contributed by atoms with Gasteiger partial charge in [0, 0.05) is 18.7 Å². The van der Waals surface area contributed by atoms with Gasteiger partial charge in [0.1, 0.15) is 12.3 Å². The highest BCUT2D eigenvalue weighted by Crippen LogP contribution is 2.21. The lowest BCUT2D eigenvalue weighted by Gasteiger charge is -2.23. The Morgan fingerprint density at radius 2 is 2.05 bits per heavy atom. The summed E-state index contributed by atoms with van der Waals surface area (Å²) in [7, 11) is 0. The fraction of sp³-hybridized carbons (Fsp3) is 0.312. The lowest BCUT2D eigenvalue weighted by Crippen LogP contribution is -2.37. The van der Waals surface area contributed by atoms with E-state index in [-0.39, 0.29) is 18.4 Å². The second kappa shape index (κ2) is 6.89. The lowest BCUT2D eigenvalue weighted by molar-refractivity contribution is -0.120. The van der Waals surface area contributed by atoms with Crippen LogP contribution in [0.5, 0.6) is 0 Å². The summed E-state index contributed by atoms with van der Waals surface area (Å²) in [4.78, 5) is 25.5. The number of hydrogen-bond donors (Lipinski definition) is 1. The third kappa shape index (κ3) is 3.72. The highest BCUT2D eigenvalue weighted by Gasteiger charge is 2.18. The first-order chi connectivity index (χ1) is 10.5. The average molecular weight is 301 g/mol. The Balaban J connectivity index is 2.15. The minimum atomic E-state index is -0.325. The van der Waals surface area contributed by atoms with E-state index in [1.54, 1.807) is 13.0 Å². The molecule has 0 aliphatic rings. The van der Waals surface area contributed by atoms with Gasteiger partial charge in [-0.25, -0.2) is 0 Å². The van der Waals surface area contributed by atoms with Crippen LogP contribution in [-0.4, -0.2) is 23.5 Å². The monoisotopic (exact) mass is 301 g/mol. The first kappa shape index (κ1) is 15.8. The number of aromatic nitrogens is 1. The second-order valence-corrected chi connectivity index (χ2v) is 4.96. The summed E-state index contributed by atoms with van der Waals surface area (Å²) in [6.45, 7) is 5.12. The minimum absolute atomic E-state index is 0.0712. The van der Waals surface area contributed by atoms with Gasteiger partial charge in [0.2, 0.25) is 11.8 Å². The van der Waals surface area contributed by atoms with E-state index in [0.717, 1.165) is 17.7 Å². The van der Waals surface area contributed by atoms with Crippen LogP contribution in [0.15, 0.2) is 34.9 Å². The number of nitrogens with one attached hydrogen (secondary N) is 1. The number of aryl methyl sites for hydroxylation is 2. The van der Waals surface area contributed by atoms with Crippen LogP contribution < -0.4 is 10.2 Å². The SMILES string of the molecule is CCc1ccccc1N(CC(=O)Nc1cc(C)on1)C(C)=O. The molecule has 0 spiro atoms. The third-order valence-corrected chi connectivity index (χ3v) is 3.24. The molecule has 6 nitrogen and oxygen atoms in total. The molecule has 1 heterocycles. The zero-order valence-electron chi connectivity index (χ0n) is 12.9. The first-order valence-corrected chi connectivity index (χ1v) is 7.10. The summed E-state index contributed by atoms with van der Waals surface area (Å²) in [6.07, 6.45) is 0.782. The molecule has 0 aliphatic carbocycles. The van der Waals surface area contributed by atoms with E-state index >= 15 is 0 Å². The van der Waals surface area contributed by atoms with Gasteiger partial charge in [0.15, 0.2) is 5.82 Å². The zero-order valence-corrected chi connectivity index (χ0v) is 12.9. The van der Waals surface area contributed by atoms with Gasteiger partial charge >= 0.3 is 0 Å². The van der Waals surface area contributed by atoms with Crippen molar-refractivity contribution >= 4 is 23.3 Å². The number of benzene rings is 1. The Morgan fingerprint density at radius 3 is 2.64 bits per heavy atom. The largest absolute Gasteiger partial charge is 0.360 e. The van der Waals surface area contributed by atoms with Crippen molar-refractivity contribution in [1.82, 2.24) is 5.16 Å². The van der Waals surface area contributed by atoms with E-state index in [0.29, 0.717) is 11.6 Å². The molecule has 0 fully saturated rings. The fourth-order valence-electron chi connectivity index (χ4n) is 2.19. The second-order valence-electron chi connectivity index (χ2n) is 4.96. The van der Waals surface area contributed by atoms with Gasteiger partial charge in [0.25, 0.3) is 0 Å². The van der Waals surface area contributed by atoms with Gasteiger partial charge in [-0.15, -0.1) is 0 Å². The van der Waals surface area contributed by atoms with Crippen molar-refractivity contribution in [3.8, 4) is 0 Å². The quantitative estimate of drug-likeness (QED) is 0.920. The number of anilines is 2. The fourth-order valence-corrected chi connectivity index (χ4v) is 2.19. The van der Waals surface area contributed by atoms with Gasteiger partial charge in [-0.1, -0.05) is 30.3 Å². The standard InChI is InChI=1S/C16H19N3O3/c1-4-13-7-5-6-8-14(13)19(12(3)20)10-16(21)17-15-9-11(2)22-18-15/h5-9H,4,10H2,1-3H3,(H,17,18,21). The molecular weight excluding hydrogens is 282 g/mol. The summed E-state index contributed by atoms with van der Waals surface area (Å²) in [5.41, 5.74) is 1.77. The maximum atomic E-state index is 12.1. The maximum absolute atomic E-state index is 12.1. The Bertz CT molecular complexity index is 679. The molecule has 0 radical (unpaired) electrons. The van der Waals surface area contributed by atoms with Gasteiger partial charge in [-0.2, -0.15) is 0 Å². The molecule has 1 N–H and O–H groups in total. The maximum Gasteiger partial charge on any atom is 0.245 e. The van der Waals surface area contributed by atoms with Crippen LogP contribution >= 0.6 is 0 Å². The molecular formula is C16H19N3O3. The number of carbonyl (C=O) groups is 2.